The van der Waals surface area contributed by atoms with Crippen LogP contribution in [0.5, 0.6) is 0 Å². The smallest absolute Gasteiger partial charge is 0.410 e. The van der Waals surface area contributed by atoms with Gasteiger partial charge in [0.15, 0.2) is 0 Å². The molecule has 1 rings (SSSR count). The second-order valence-electron chi connectivity index (χ2n) is 6.42. The van der Waals surface area contributed by atoms with E-state index in [1.165, 1.54) is 0 Å². The Labute approximate surface area is 112 Å². The Hall–Kier alpha value is -0.910. The van der Waals surface area contributed by atoms with Crippen molar-refractivity contribution in [3.05, 3.63) is 0 Å². The topological polar surface area (TPSA) is 49.8 Å². The highest BCUT2D eigenvalue weighted by atomic mass is 19.3. The van der Waals surface area contributed by atoms with Crippen LogP contribution in [0, 0.1) is 0 Å². The van der Waals surface area contributed by atoms with Gasteiger partial charge in [0, 0.05) is 18.6 Å². The molecule has 1 N–H and O–H groups in total. The third-order valence-electron chi connectivity index (χ3n) is 3.17. The molecule has 0 spiro atoms. The first kappa shape index (κ1) is 16.1. The Morgan fingerprint density at radius 3 is 2.47 bits per heavy atom. The summed E-state index contributed by atoms with van der Waals surface area (Å²) in [6.45, 7) is 6.01. The summed E-state index contributed by atoms with van der Waals surface area (Å²) in [7, 11) is 0. The van der Waals surface area contributed by atoms with Crippen LogP contribution in [-0.4, -0.2) is 46.3 Å². The highest BCUT2D eigenvalue weighted by molar-refractivity contribution is 5.70. The Kier molecular flexibility index (Phi) is 4.44. The summed E-state index contributed by atoms with van der Waals surface area (Å²) in [4.78, 5) is 13.1. The number of carbonyl (C=O) groups excluding carboxylic acids is 1. The Bertz CT molecular complexity index is 341. The fourth-order valence-corrected chi connectivity index (χ4v) is 2.42. The molecule has 1 unspecified atom stereocenters. The molecule has 0 saturated carbocycles. The van der Waals surface area contributed by atoms with E-state index >= 15 is 0 Å². The summed E-state index contributed by atoms with van der Waals surface area (Å²) < 4.78 is 32.4. The largest absolute Gasteiger partial charge is 0.444 e. The van der Waals surface area contributed by atoms with Gasteiger partial charge in [-0.2, -0.15) is 0 Å². The van der Waals surface area contributed by atoms with E-state index in [0.717, 1.165) is 4.90 Å². The summed E-state index contributed by atoms with van der Waals surface area (Å²) in [6.07, 6.45) is -0.395. The van der Waals surface area contributed by atoms with Crippen molar-refractivity contribution in [2.45, 2.75) is 64.0 Å². The minimum Gasteiger partial charge on any atom is -0.444 e. The zero-order chi connectivity index (χ0) is 14.9. The van der Waals surface area contributed by atoms with Gasteiger partial charge in [0.2, 0.25) is 0 Å². The Balaban J connectivity index is 2.86. The second kappa shape index (κ2) is 5.23. The number of likely N-dealkylation sites (tertiary alicyclic amines) is 1. The minimum atomic E-state index is -2.90. The van der Waals surface area contributed by atoms with Gasteiger partial charge in [-0.3, -0.25) is 4.90 Å². The molecule has 1 atom stereocenters. The van der Waals surface area contributed by atoms with Crippen molar-refractivity contribution in [3.8, 4) is 0 Å². The van der Waals surface area contributed by atoms with Gasteiger partial charge >= 0.3 is 6.09 Å². The number of alkyl halides is 2. The van der Waals surface area contributed by atoms with E-state index in [0.29, 0.717) is 12.8 Å². The molecule has 19 heavy (non-hydrogen) atoms. The van der Waals surface area contributed by atoms with Gasteiger partial charge in [-0.1, -0.05) is 0 Å². The molecule has 1 saturated heterocycles. The van der Waals surface area contributed by atoms with Crippen molar-refractivity contribution in [1.82, 2.24) is 4.90 Å². The average molecular weight is 279 g/mol. The van der Waals surface area contributed by atoms with E-state index < -0.39 is 29.7 Å². The van der Waals surface area contributed by atoms with E-state index in [1.807, 2.05) is 0 Å². The van der Waals surface area contributed by atoms with Crippen LogP contribution in [0.3, 0.4) is 0 Å². The molecule has 1 aliphatic heterocycles. The van der Waals surface area contributed by atoms with E-state index in [1.54, 1.807) is 27.7 Å². The van der Waals surface area contributed by atoms with Crippen molar-refractivity contribution in [2.75, 3.05) is 13.2 Å². The van der Waals surface area contributed by atoms with Crippen molar-refractivity contribution >= 4 is 6.09 Å². The lowest BCUT2D eigenvalue weighted by atomic mass is 9.92. The van der Waals surface area contributed by atoms with E-state index in [4.69, 9.17) is 9.84 Å². The van der Waals surface area contributed by atoms with Crippen molar-refractivity contribution in [2.24, 2.45) is 0 Å². The number of amides is 1. The summed E-state index contributed by atoms with van der Waals surface area (Å²) in [5.41, 5.74) is -1.68. The number of ether oxygens (including phenoxy) is 1. The number of hydrogen-bond donors (Lipinski definition) is 1. The fourth-order valence-electron chi connectivity index (χ4n) is 2.42. The maximum atomic E-state index is 13.6. The van der Waals surface area contributed by atoms with Crippen LogP contribution in [0.2, 0.25) is 0 Å². The van der Waals surface area contributed by atoms with Crippen LogP contribution in [0.4, 0.5) is 13.6 Å². The van der Waals surface area contributed by atoms with Crippen LogP contribution in [0.25, 0.3) is 0 Å². The predicted molar refractivity (Wildman–Crippen MR) is 67.2 cm³/mol. The molecule has 1 fully saturated rings. The lowest BCUT2D eigenvalue weighted by molar-refractivity contribution is -0.00427. The summed E-state index contributed by atoms with van der Waals surface area (Å²) >= 11 is 0. The normalized spacial score (nSPS) is 26.6. The third-order valence-corrected chi connectivity index (χ3v) is 3.17. The van der Waals surface area contributed by atoms with Crippen LogP contribution >= 0.6 is 0 Å². The molecule has 0 aliphatic carbocycles. The Morgan fingerprint density at radius 1 is 1.42 bits per heavy atom. The standard InChI is InChI=1S/C13H23F2NO3/c1-11(2,3)19-10(18)16-9-13(14,15)8-12(16,4)6-5-7-17/h17H,5-9H2,1-4H3. The molecule has 1 aliphatic rings. The van der Waals surface area contributed by atoms with Gasteiger partial charge in [-0.25, -0.2) is 13.6 Å². The number of aliphatic hydroxyl groups is 1. The van der Waals surface area contributed by atoms with Gasteiger partial charge in [0.25, 0.3) is 5.92 Å². The molecule has 0 aromatic carbocycles. The SMILES string of the molecule is CC(C)(C)OC(=O)N1CC(F)(F)CC1(C)CCCO. The number of halogens is 2. The number of rotatable bonds is 3. The molecule has 1 heterocycles. The van der Waals surface area contributed by atoms with Crippen molar-refractivity contribution in [3.63, 3.8) is 0 Å². The van der Waals surface area contributed by atoms with Crippen LogP contribution in [-0.2, 0) is 4.74 Å². The van der Waals surface area contributed by atoms with E-state index in [9.17, 15) is 13.6 Å². The van der Waals surface area contributed by atoms with Gasteiger partial charge in [0.1, 0.15) is 5.60 Å². The van der Waals surface area contributed by atoms with Crippen LogP contribution < -0.4 is 0 Å². The highest BCUT2D eigenvalue weighted by Crippen LogP contribution is 2.42. The summed E-state index contributed by atoms with van der Waals surface area (Å²) in [5, 5.41) is 8.86. The Morgan fingerprint density at radius 2 is 2.00 bits per heavy atom. The first-order valence-electron chi connectivity index (χ1n) is 6.48. The van der Waals surface area contributed by atoms with Gasteiger partial charge in [-0.15, -0.1) is 0 Å². The van der Waals surface area contributed by atoms with E-state index in [2.05, 4.69) is 0 Å². The zero-order valence-electron chi connectivity index (χ0n) is 12.0. The van der Waals surface area contributed by atoms with Crippen molar-refractivity contribution < 1.29 is 23.4 Å². The van der Waals surface area contributed by atoms with Crippen LogP contribution in [0.15, 0.2) is 0 Å². The molecule has 1 amide bonds. The van der Waals surface area contributed by atoms with Gasteiger partial charge < -0.3 is 9.84 Å². The number of nitrogens with zero attached hydrogens (tertiary/aromatic N) is 1. The maximum absolute atomic E-state index is 13.6. The van der Waals surface area contributed by atoms with Gasteiger partial charge in [-0.05, 0) is 40.5 Å². The quantitative estimate of drug-likeness (QED) is 0.864. The zero-order valence-corrected chi connectivity index (χ0v) is 12.0. The maximum Gasteiger partial charge on any atom is 0.410 e. The van der Waals surface area contributed by atoms with E-state index in [-0.39, 0.29) is 13.0 Å². The molecule has 6 heteroatoms. The molecule has 0 radical (unpaired) electrons. The van der Waals surface area contributed by atoms with Crippen molar-refractivity contribution in [1.29, 1.82) is 0 Å². The van der Waals surface area contributed by atoms with Gasteiger partial charge in [0.05, 0.1) is 6.54 Å². The molecule has 112 valence electrons. The highest BCUT2D eigenvalue weighted by Gasteiger charge is 2.54. The molecule has 0 bridgehead atoms. The second-order valence-corrected chi connectivity index (χ2v) is 6.42. The third kappa shape index (κ3) is 4.30. The lowest BCUT2D eigenvalue weighted by Crippen LogP contribution is -2.47. The molecular weight excluding hydrogens is 256 g/mol. The summed E-state index contributed by atoms with van der Waals surface area (Å²) in [5.74, 6) is -2.90. The fraction of sp³-hybridized carbons (Fsp3) is 0.923. The summed E-state index contributed by atoms with van der Waals surface area (Å²) in [6, 6.07) is 0. The monoisotopic (exact) mass is 279 g/mol. The molecule has 4 nitrogen and oxygen atoms in total. The molecular formula is C13H23F2NO3. The first-order chi connectivity index (χ1) is 8.49. The average Bonchev–Trinajstić information content (AvgIpc) is 2.44. The van der Waals surface area contributed by atoms with Crippen LogP contribution in [0.1, 0.15) is 47.0 Å². The molecule has 0 aromatic heterocycles. The number of carbonyl (C=O) groups is 1. The first-order valence-corrected chi connectivity index (χ1v) is 6.48. The predicted octanol–water partition coefficient (Wildman–Crippen LogP) is 2.79. The number of hydrogen-bond acceptors (Lipinski definition) is 3. The molecule has 0 aromatic rings. The lowest BCUT2D eigenvalue weighted by Gasteiger charge is -2.35. The number of aliphatic hydroxyl groups excluding tert-OH is 1. The minimum absolute atomic E-state index is 0.0800.